The first-order valence-corrected chi connectivity index (χ1v) is 9.64. The molecule has 0 unspecified atom stereocenters. The fourth-order valence-electron chi connectivity index (χ4n) is 2.03. The summed E-state index contributed by atoms with van der Waals surface area (Å²) in [5, 5.41) is 3.81. The van der Waals surface area contributed by atoms with Gasteiger partial charge >= 0.3 is 5.97 Å². The zero-order valence-electron chi connectivity index (χ0n) is 14.3. The van der Waals surface area contributed by atoms with Crippen LogP contribution in [0.25, 0.3) is 0 Å². The van der Waals surface area contributed by atoms with E-state index >= 15 is 0 Å². The Morgan fingerprint density at radius 2 is 1.85 bits per heavy atom. The van der Waals surface area contributed by atoms with E-state index in [9.17, 15) is 9.59 Å². The van der Waals surface area contributed by atoms with Crippen LogP contribution >= 0.6 is 50.7 Å². The van der Waals surface area contributed by atoms with Crippen molar-refractivity contribution in [3.8, 4) is 5.75 Å². The lowest BCUT2D eigenvalue weighted by atomic mass is 10.2. The van der Waals surface area contributed by atoms with Gasteiger partial charge in [-0.2, -0.15) is 0 Å². The molecule has 1 N–H and O–H groups in total. The molecule has 0 heterocycles. The first-order valence-electron chi connectivity index (χ1n) is 7.71. The maximum Gasteiger partial charge on any atom is 0.347 e. The van der Waals surface area contributed by atoms with E-state index in [4.69, 9.17) is 44.3 Å². The summed E-state index contributed by atoms with van der Waals surface area (Å²) < 4.78 is 11.1. The topological polar surface area (TPSA) is 64.6 Å². The number of carbonyl (C=O) groups excluding carboxylic acids is 2. The molecule has 0 aliphatic heterocycles. The summed E-state index contributed by atoms with van der Waals surface area (Å²) in [5.74, 6) is -0.918. The van der Waals surface area contributed by atoms with Gasteiger partial charge in [0.05, 0.1) is 10.0 Å². The standard InChI is InChI=1S/C18H15BrCl3NO4/c1-9-5-12(19)13(21)7-15(9)23-17(24)8-26-18(25)10(2)27-16-4-3-11(20)6-14(16)22/h3-7,10H,8H2,1-2H3,(H,23,24)/t10-/m0/s1. The lowest BCUT2D eigenvalue weighted by Crippen LogP contribution is -2.30. The van der Waals surface area contributed by atoms with Crippen molar-refractivity contribution in [1.29, 1.82) is 0 Å². The molecular weight excluding hydrogens is 480 g/mol. The van der Waals surface area contributed by atoms with Crippen LogP contribution in [0.5, 0.6) is 5.75 Å². The van der Waals surface area contributed by atoms with Crippen molar-refractivity contribution in [3.05, 3.63) is 55.4 Å². The van der Waals surface area contributed by atoms with Gasteiger partial charge in [0.1, 0.15) is 5.75 Å². The summed E-state index contributed by atoms with van der Waals surface area (Å²) in [6, 6.07) is 8.00. The molecule has 27 heavy (non-hydrogen) atoms. The van der Waals surface area contributed by atoms with Crippen LogP contribution in [-0.2, 0) is 14.3 Å². The zero-order valence-corrected chi connectivity index (χ0v) is 18.2. The molecule has 0 bridgehead atoms. The molecule has 0 aromatic heterocycles. The number of halogens is 4. The summed E-state index contributed by atoms with van der Waals surface area (Å²) in [6.45, 7) is 2.84. The van der Waals surface area contributed by atoms with Crippen LogP contribution in [0.3, 0.4) is 0 Å². The second kappa shape index (κ2) is 9.64. The van der Waals surface area contributed by atoms with Crippen molar-refractivity contribution < 1.29 is 19.1 Å². The molecule has 2 aromatic carbocycles. The molecule has 0 aliphatic rings. The third kappa shape index (κ3) is 6.28. The fourth-order valence-corrected chi connectivity index (χ4v) is 3.11. The second-order valence-electron chi connectivity index (χ2n) is 5.57. The molecule has 0 saturated heterocycles. The van der Waals surface area contributed by atoms with Crippen LogP contribution in [-0.4, -0.2) is 24.6 Å². The van der Waals surface area contributed by atoms with Crippen molar-refractivity contribution in [3.63, 3.8) is 0 Å². The molecule has 144 valence electrons. The summed E-state index contributed by atoms with van der Waals surface area (Å²) in [5.41, 5.74) is 1.33. The zero-order chi connectivity index (χ0) is 20.1. The Kier molecular flexibility index (Phi) is 7.79. The predicted octanol–water partition coefficient (Wildman–Crippen LogP) is 5.67. The third-order valence-electron chi connectivity index (χ3n) is 3.42. The minimum absolute atomic E-state index is 0.266. The molecule has 0 fully saturated rings. The minimum Gasteiger partial charge on any atom is -0.477 e. The highest BCUT2D eigenvalue weighted by Crippen LogP contribution is 2.29. The van der Waals surface area contributed by atoms with E-state index in [1.807, 2.05) is 6.92 Å². The quantitative estimate of drug-likeness (QED) is 0.525. The maximum atomic E-state index is 12.0. The number of aryl methyl sites for hydroxylation is 1. The first-order chi connectivity index (χ1) is 12.7. The number of ether oxygens (including phenoxy) is 2. The molecular formula is C18H15BrCl3NO4. The average molecular weight is 496 g/mol. The number of hydrogen-bond donors (Lipinski definition) is 1. The molecule has 5 nitrogen and oxygen atoms in total. The van der Waals surface area contributed by atoms with Crippen molar-refractivity contribution in [2.75, 3.05) is 11.9 Å². The second-order valence-corrected chi connectivity index (χ2v) is 7.68. The maximum absolute atomic E-state index is 12.0. The van der Waals surface area contributed by atoms with Crippen LogP contribution < -0.4 is 10.1 Å². The van der Waals surface area contributed by atoms with Gasteiger partial charge in [0, 0.05) is 15.2 Å². The summed E-state index contributed by atoms with van der Waals surface area (Å²) in [6.07, 6.45) is -0.958. The van der Waals surface area contributed by atoms with Crippen LogP contribution in [0.4, 0.5) is 5.69 Å². The Morgan fingerprint density at radius 3 is 2.52 bits per heavy atom. The summed E-state index contributed by atoms with van der Waals surface area (Å²) >= 11 is 21.1. The normalized spacial score (nSPS) is 11.6. The van der Waals surface area contributed by atoms with E-state index in [1.165, 1.54) is 13.0 Å². The van der Waals surface area contributed by atoms with E-state index < -0.39 is 24.6 Å². The molecule has 2 rings (SSSR count). The lowest BCUT2D eigenvalue weighted by molar-refractivity contribution is -0.153. The van der Waals surface area contributed by atoms with Crippen LogP contribution in [0.1, 0.15) is 12.5 Å². The van der Waals surface area contributed by atoms with Gasteiger partial charge in [0.25, 0.3) is 5.91 Å². The highest BCUT2D eigenvalue weighted by atomic mass is 79.9. The number of amides is 1. The number of carbonyl (C=O) groups is 2. The van der Waals surface area contributed by atoms with E-state index in [0.29, 0.717) is 15.7 Å². The number of anilines is 1. The largest absolute Gasteiger partial charge is 0.477 e. The van der Waals surface area contributed by atoms with Gasteiger partial charge < -0.3 is 14.8 Å². The molecule has 9 heteroatoms. The minimum atomic E-state index is -0.958. The van der Waals surface area contributed by atoms with E-state index in [2.05, 4.69) is 21.2 Å². The Morgan fingerprint density at radius 1 is 1.15 bits per heavy atom. The van der Waals surface area contributed by atoms with E-state index in [1.54, 1.807) is 24.3 Å². The van der Waals surface area contributed by atoms with Gasteiger partial charge in [-0.25, -0.2) is 4.79 Å². The number of esters is 1. The molecule has 2 aromatic rings. The SMILES string of the molecule is Cc1cc(Br)c(Cl)cc1NC(=O)COC(=O)[C@H](C)Oc1ccc(Cl)cc1Cl. The van der Waals surface area contributed by atoms with Gasteiger partial charge in [-0.15, -0.1) is 0 Å². The number of nitrogens with one attached hydrogen (secondary N) is 1. The predicted molar refractivity (Wildman–Crippen MR) is 110 cm³/mol. The number of rotatable bonds is 6. The van der Waals surface area contributed by atoms with Crippen LogP contribution in [0.15, 0.2) is 34.8 Å². The highest BCUT2D eigenvalue weighted by molar-refractivity contribution is 9.10. The van der Waals surface area contributed by atoms with Gasteiger partial charge in [0.2, 0.25) is 0 Å². The van der Waals surface area contributed by atoms with Gasteiger partial charge in [0.15, 0.2) is 12.7 Å². The molecule has 0 radical (unpaired) electrons. The molecule has 0 aliphatic carbocycles. The Bertz CT molecular complexity index is 876. The number of hydrogen-bond acceptors (Lipinski definition) is 4. The monoisotopic (exact) mass is 493 g/mol. The van der Waals surface area contributed by atoms with Gasteiger partial charge in [-0.1, -0.05) is 34.8 Å². The van der Waals surface area contributed by atoms with Crippen molar-refractivity contribution in [1.82, 2.24) is 0 Å². The van der Waals surface area contributed by atoms with Gasteiger partial charge in [-0.3, -0.25) is 4.79 Å². The molecule has 1 amide bonds. The third-order valence-corrected chi connectivity index (χ3v) is 5.14. The summed E-state index contributed by atoms with van der Waals surface area (Å²) in [4.78, 5) is 24.0. The van der Waals surface area contributed by atoms with Crippen LogP contribution in [0, 0.1) is 6.92 Å². The Hall–Kier alpha value is -1.47. The Balaban J connectivity index is 1.89. The van der Waals surface area contributed by atoms with Crippen molar-refractivity contribution in [2.24, 2.45) is 0 Å². The molecule has 1 atom stereocenters. The van der Waals surface area contributed by atoms with E-state index in [0.717, 1.165) is 10.0 Å². The van der Waals surface area contributed by atoms with Crippen molar-refractivity contribution >= 4 is 68.3 Å². The lowest BCUT2D eigenvalue weighted by Gasteiger charge is -2.15. The first kappa shape index (κ1) is 21.8. The van der Waals surface area contributed by atoms with Crippen molar-refractivity contribution in [2.45, 2.75) is 20.0 Å². The van der Waals surface area contributed by atoms with Gasteiger partial charge in [-0.05, 0) is 65.7 Å². The number of benzene rings is 2. The van der Waals surface area contributed by atoms with E-state index in [-0.39, 0.29) is 10.8 Å². The highest BCUT2D eigenvalue weighted by Gasteiger charge is 2.19. The molecule has 0 saturated carbocycles. The average Bonchev–Trinajstić information content (AvgIpc) is 2.59. The fraction of sp³-hybridized carbons (Fsp3) is 0.222. The van der Waals surface area contributed by atoms with Crippen LogP contribution in [0.2, 0.25) is 15.1 Å². The summed E-state index contributed by atoms with van der Waals surface area (Å²) in [7, 11) is 0. The molecule has 0 spiro atoms. The Labute approximate surface area is 180 Å². The smallest absolute Gasteiger partial charge is 0.347 e.